The molecule has 0 aromatic rings. The third kappa shape index (κ3) is 2.63. The molecule has 1 aliphatic heterocycles. The second-order valence-corrected chi connectivity index (χ2v) is 5.20. The molecule has 0 bridgehead atoms. The quantitative estimate of drug-likeness (QED) is 0.558. The van der Waals surface area contributed by atoms with Gasteiger partial charge in [0.05, 0.1) is 6.61 Å². The Morgan fingerprint density at radius 2 is 2.37 bits per heavy atom. The summed E-state index contributed by atoms with van der Waals surface area (Å²) in [7, 11) is 0. The van der Waals surface area contributed by atoms with Gasteiger partial charge in [-0.25, -0.2) is 0 Å². The van der Waals surface area contributed by atoms with Crippen LogP contribution in [0.5, 0.6) is 0 Å². The van der Waals surface area contributed by atoms with Crippen LogP contribution < -0.4 is 0 Å². The Labute approximate surface area is 114 Å². The molecule has 0 saturated carbocycles. The molecule has 0 aromatic carbocycles. The van der Waals surface area contributed by atoms with Crippen molar-refractivity contribution in [3.05, 3.63) is 24.3 Å². The van der Waals surface area contributed by atoms with Crippen molar-refractivity contribution in [1.29, 1.82) is 0 Å². The average molecular weight is 263 g/mol. The summed E-state index contributed by atoms with van der Waals surface area (Å²) in [6.45, 7) is 9.13. The minimum atomic E-state index is -0.269. The van der Waals surface area contributed by atoms with Gasteiger partial charge in [0.25, 0.3) is 0 Å². The van der Waals surface area contributed by atoms with E-state index >= 15 is 0 Å². The first-order chi connectivity index (χ1) is 9.08. The third-order valence-electron chi connectivity index (χ3n) is 4.00. The van der Waals surface area contributed by atoms with E-state index in [1.165, 1.54) is 0 Å². The summed E-state index contributed by atoms with van der Waals surface area (Å²) in [5.74, 6) is 0.292. The Kier molecular flexibility index (Phi) is 4.20. The van der Waals surface area contributed by atoms with E-state index in [1.54, 1.807) is 13.0 Å². The van der Waals surface area contributed by atoms with Crippen LogP contribution >= 0.6 is 0 Å². The van der Waals surface area contributed by atoms with E-state index in [0.717, 1.165) is 12.1 Å². The molecule has 0 amide bonds. The zero-order valence-electron chi connectivity index (χ0n) is 11.6. The third-order valence-corrected chi connectivity index (χ3v) is 4.00. The van der Waals surface area contributed by atoms with Crippen LogP contribution in [0.1, 0.15) is 20.3 Å². The van der Waals surface area contributed by atoms with E-state index in [0.29, 0.717) is 19.6 Å². The molecule has 1 heterocycles. The van der Waals surface area contributed by atoms with E-state index < -0.39 is 0 Å². The number of hydrogen-bond acceptors (Lipinski definition) is 4. The van der Waals surface area contributed by atoms with Crippen molar-refractivity contribution in [2.75, 3.05) is 19.7 Å². The number of nitrogens with zero attached hydrogens (tertiary/aromatic N) is 1. The van der Waals surface area contributed by atoms with Crippen molar-refractivity contribution in [1.82, 2.24) is 4.90 Å². The highest BCUT2D eigenvalue weighted by Crippen LogP contribution is 2.36. The zero-order chi connectivity index (χ0) is 14.0. The van der Waals surface area contributed by atoms with Crippen molar-refractivity contribution in [3.63, 3.8) is 0 Å². The molecule has 3 atom stereocenters. The van der Waals surface area contributed by atoms with E-state index in [2.05, 4.69) is 12.7 Å². The van der Waals surface area contributed by atoms with Crippen LogP contribution in [-0.4, -0.2) is 42.4 Å². The SMILES string of the molecule is C=CCC1=CC2CN(C(C)C(=O)OCC)CC2C1=O. The molecule has 0 aromatic heterocycles. The summed E-state index contributed by atoms with van der Waals surface area (Å²) >= 11 is 0. The number of ketones is 1. The number of esters is 1. The Morgan fingerprint density at radius 1 is 1.63 bits per heavy atom. The largest absolute Gasteiger partial charge is 0.465 e. The molecule has 0 N–H and O–H groups in total. The van der Waals surface area contributed by atoms with E-state index in [-0.39, 0.29) is 29.6 Å². The molecule has 4 heteroatoms. The predicted octanol–water partition coefficient (Wildman–Crippen LogP) is 1.57. The number of allylic oxidation sites excluding steroid dienone is 2. The number of carbonyl (C=O) groups is 2. The maximum atomic E-state index is 12.2. The summed E-state index contributed by atoms with van der Waals surface area (Å²) in [6, 6.07) is -0.269. The van der Waals surface area contributed by atoms with Crippen LogP contribution in [0.3, 0.4) is 0 Å². The fourth-order valence-electron chi connectivity index (χ4n) is 2.94. The van der Waals surface area contributed by atoms with Crippen molar-refractivity contribution in [3.8, 4) is 0 Å². The average Bonchev–Trinajstić information content (AvgIpc) is 2.91. The molecule has 0 radical (unpaired) electrons. The molecule has 4 nitrogen and oxygen atoms in total. The minimum absolute atomic E-state index is 0.0202. The van der Waals surface area contributed by atoms with Gasteiger partial charge in [-0.1, -0.05) is 12.2 Å². The highest BCUT2D eigenvalue weighted by atomic mass is 16.5. The Balaban J connectivity index is 2.00. The molecule has 2 rings (SSSR count). The molecule has 104 valence electrons. The lowest BCUT2D eigenvalue weighted by Crippen LogP contribution is -2.39. The molecule has 0 spiro atoms. The van der Waals surface area contributed by atoms with Crippen LogP contribution in [0.15, 0.2) is 24.3 Å². The van der Waals surface area contributed by atoms with Gasteiger partial charge in [0.2, 0.25) is 0 Å². The Bertz CT molecular complexity index is 427. The molecule has 19 heavy (non-hydrogen) atoms. The number of rotatable bonds is 5. The van der Waals surface area contributed by atoms with Crippen molar-refractivity contribution in [2.24, 2.45) is 11.8 Å². The highest BCUT2D eigenvalue weighted by Gasteiger charge is 2.44. The number of carbonyl (C=O) groups excluding carboxylic acids is 2. The first-order valence-corrected chi connectivity index (χ1v) is 6.85. The standard InChI is InChI=1S/C15H21NO3/c1-4-6-11-7-12-8-16(9-13(12)14(11)17)10(3)15(18)19-5-2/h4,7,10,12-13H,1,5-6,8-9H2,2-3H3. The van der Waals surface area contributed by atoms with Gasteiger partial charge in [-0.3, -0.25) is 14.5 Å². The van der Waals surface area contributed by atoms with E-state index in [9.17, 15) is 9.59 Å². The lowest BCUT2D eigenvalue weighted by molar-refractivity contribution is -0.148. The van der Waals surface area contributed by atoms with Gasteiger partial charge >= 0.3 is 5.97 Å². The fraction of sp³-hybridized carbons (Fsp3) is 0.600. The molecule has 1 fully saturated rings. The highest BCUT2D eigenvalue weighted by molar-refractivity contribution is 6.00. The van der Waals surface area contributed by atoms with Crippen molar-refractivity contribution in [2.45, 2.75) is 26.3 Å². The van der Waals surface area contributed by atoms with Crippen LogP contribution in [0, 0.1) is 11.8 Å². The minimum Gasteiger partial charge on any atom is -0.465 e. The van der Waals surface area contributed by atoms with Gasteiger partial charge in [0.1, 0.15) is 6.04 Å². The van der Waals surface area contributed by atoms with Crippen molar-refractivity contribution < 1.29 is 14.3 Å². The van der Waals surface area contributed by atoms with Crippen LogP contribution in [0.4, 0.5) is 0 Å². The van der Waals surface area contributed by atoms with E-state index in [1.807, 2.05) is 11.8 Å². The van der Waals surface area contributed by atoms with Gasteiger partial charge in [-0.15, -0.1) is 6.58 Å². The van der Waals surface area contributed by atoms with Gasteiger partial charge < -0.3 is 4.74 Å². The first kappa shape index (κ1) is 14.0. The molecule has 3 unspecified atom stereocenters. The fourth-order valence-corrected chi connectivity index (χ4v) is 2.94. The summed E-state index contributed by atoms with van der Waals surface area (Å²) in [5, 5.41) is 0. The van der Waals surface area contributed by atoms with Crippen LogP contribution in [0.25, 0.3) is 0 Å². The Hall–Kier alpha value is -1.42. The van der Waals surface area contributed by atoms with E-state index in [4.69, 9.17) is 4.74 Å². The molecular weight excluding hydrogens is 242 g/mol. The monoisotopic (exact) mass is 263 g/mol. The molecular formula is C15H21NO3. The molecule has 2 aliphatic rings. The van der Waals surface area contributed by atoms with Crippen LogP contribution in [-0.2, 0) is 14.3 Å². The first-order valence-electron chi connectivity index (χ1n) is 6.85. The topological polar surface area (TPSA) is 46.6 Å². The molecule has 1 saturated heterocycles. The lowest BCUT2D eigenvalue weighted by Gasteiger charge is -2.22. The second kappa shape index (κ2) is 5.70. The number of Topliss-reactive ketones (excluding diaryl/α,β-unsaturated/α-hetero) is 1. The zero-order valence-corrected chi connectivity index (χ0v) is 11.6. The second-order valence-electron chi connectivity index (χ2n) is 5.20. The summed E-state index contributed by atoms with van der Waals surface area (Å²) < 4.78 is 5.03. The summed E-state index contributed by atoms with van der Waals surface area (Å²) in [4.78, 5) is 26.0. The molecule has 1 aliphatic carbocycles. The predicted molar refractivity (Wildman–Crippen MR) is 72.6 cm³/mol. The number of hydrogen-bond donors (Lipinski definition) is 0. The lowest BCUT2D eigenvalue weighted by atomic mass is 9.98. The van der Waals surface area contributed by atoms with Gasteiger partial charge in [0, 0.05) is 24.9 Å². The number of likely N-dealkylation sites (tertiary alicyclic amines) is 1. The van der Waals surface area contributed by atoms with Crippen molar-refractivity contribution >= 4 is 11.8 Å². The number of fused-ring (bicyclic) bond motifs is 1. The van der Waals surface area contributed by atoms with Gasteiger partial charge in [-0.05, 0) is 25.8 Å². The normalized spacial score (nSPS) is 27.9. The Morgan fingerprint density at radius 3 is 2.95 bits per heavy atom. The maximum Gasteiger partial charge on any atom is 0.323 e. The summed E-state index contributed by atoms with van der Waals surface area (Å²) in [5.41, 5.74) is 0.883. The van der Waals surface area contributed by atoms with Gasteiger partial charge in [-0.2, -0.15) is 0 Å². The summed E-state index contributed by atoms with van der Waals surface area (Å²) in [6.07, 6.45) is 4.48. The van der Waals surface area contributed by atoms with Gasteiger partial charge in [0.15, 0.2) is 5.78 Å². The maximum absolute atomic E-state index is 12.2. The smallest absolute Gasteiger partial charge is 0.323 e. The number of ether oxygens (including phenoxy) is 1. The van der Waals surface area contributed by atoms with Crippen LogP contribution in [0.2, 0.25) is 0 Å².